The van der Waals surface area contributed by atoms with E-state index in [-0.39, 0.29) is 0 Å². The quantitative estimate of drug-likeness (QED) is 0.689. The van der Waals surface area contributed by atoms with Gasteiger partial charge in [0, 0.05) is 12.1 Å². The molecule has 1 aromatic rings. The maximum absolute atomic E-state index is 4.21. The average Bonchev–Trinajstić information content (AvgIpc) is 2.75. The van der Waals surface area contributed by atoms with Gasteiger partial charge in [-0.25, -0.2) is 0 Å². The van der Waals surface area contributed by atoms with E-state index in [4.69, 9.17) is 0 Å². The maximum Gasteiger partial charge on any atom is 0.0746 e. The van der Waals surface area contributed by atoms with E-state index < -0.39 is 0 Å². The van der Waals surface area contributed by atoms with E-state index in [0.717, 1.165) is 12.1 Å². The van der Waals surface area contributed by atoms with Gasteiger partial charge >= 0.3 is 0 Å². The number of rotatable bonds is 1. The van der Waals surface area contributed by atoms with Crippen LogP contribution in [-0.4, -0.2) is 27.1 Å². The highest BCUT2D eigenvalue weighted by molar-refractivity contribution is 4.93. The molecule has 2 saturated heterocycles. The van der Waals surface area contributed by atoms with Gasteiger partial charge in [0.15, 0.2) is 0 Å². The zero-order valence-electron chi connectivity index (χ0n) is 7.56. The first-order chi connectivity index (χ1) is 6.42. The first kappa shape index (κ1) is 7.50. The van der Waals surface area contributed by atoms with Crippen LogP contribution in [0, 0.1) is 0 Å². The van der Waals surface area contributed by atoms with Gasteiger partial charge in [-0.15, -0.1) is 0 Å². The van der Waals surface area contributed by atoms with Crippen LogP contribution < -0.4 is 5.32 Å². The van der Waals surface area contributed by atoms with Crippen molar-refractivity contribution >= 4 is 0 Å². The van der Waals surface area contributed by atoms with Gasteiger partial charge in [-0.2, -0.15) is 15.0 Å². The van der Waals surface area contributed by atoms with Crippen LogP contribution in [0.2, 0.25) is 0 Å². The minimum Gasteiger partial charge on any atom is -0.311 e. The SMILES string of the molecule is c1cnn(C2CC3CCC(C2)N3)n1. The Labute approximate surface area is 77.3 Å². The second kappa shape index (κ2) is 2.80. The molecule has 0 spiro atoms. The lowest BCUT2D eigenvalue weighted by Gasteiger charge is -2.28. The van der Waals surface area contributed by atoms with E-state index in [9.17, 15) is 0 Å². The Morgan fingerprint density at radius 1 is 1.08 bits per heavy atom. The molecule has 1 aromatic heterocycles. The van der Waals surface area contributed by atoms with Crippen LogP contribution in [0.1, 0.15) is 31.7 Å². The summed E-state index contributed by atoms with van der Waals surface area (Å²) in [5, 5.41) is 12.0. The van der Waals surface area contributed by atoms with Crippen molar-refractivity contribution in [2.24, 2.45) is 0 Å². The standard InChI is InChI=1S/C9H14N4/c1-2-8-6-9(5-7(1)12-8)13-10-3-4-11-13/h3-4,7-9,12H,1-2,5-6H2. The number of hydrogen-bond acceptors (Lipinski definition) is 3. The maximum atomic E-state index is 4.21. The zero-order chi connectivity index (χ0) is 8.67. The van der Waals surface area contributed by atoms with Crippen molar-refractivity contribution in [3.8, 4) is 0 Å². The molecule has 0 saturated carbocycles. The van der Waals surface area contributed by atoms with Crippen LogP contribution in [0.15, 0.2) is 12.4 Å². The topological polar surface area (TPSA) is 42.7 Å². The summed E-state index contributed by atoms with van der Waals surface area (Å²) >= 11 is 0. The van der Waals surface area contributed by atoms with Crippen LogP contribution in [-0.2, 0) is 0 Å². The third-order valence-corrected chi connectivity index (χ3v) is 3.21. The molecule has 4 heteroatoms. The number of fused-ring (bicyclic) bond motifs is 2. The van der Waals surface area contributed by atoms with Crippen molar-refractivity contribution in [1.29, 1.82) is 0 Å². The monoisotopic (exact) mass is 178 g/mol. The Bertz CT molecular complexity index is 270. The summed E-state index contributed by atoms with van der Waals surface area (Å²) in [5.74, 6) is 0. The van der Waals surface area contributed by atoms with Crippen LogP contribution in [0.4, 0.5) is 0 Å². The molecule has 3 rings (SSSR count). The smallest absolute Gasteiger partial charge is 0.0746 e. The number of aromatic nitrogens is 3. The van der Waals surface area contributed by atoms with Gasteiger partial charge < -0.3 is 5.32 Å². The number of nitrogens with one attached hydrogen (secondary N) is 1. The van der Waals surface area contributed by atoms with E-state index >= 15 is 0 Å². The molecule has 70 valence electrons. The highest BCUT2D eigenvalue weighted by atomic mass is 15.5. The second-order valence-corrected chi connectivity index (χ2v) is 4.11. The van der Waals surface area contributed by atoms with Crippen molar-refractivity contribution in [2.75, 3.05) is 0 Å². The summed E-state index contributed by atoms with van der Waals surface area (Å²) in [7, 11) is 0. The number of hydrogen-bond donors (Lipinski definition) is 1. The van der Waals surface area contributed by atoms with Crippen LogP contribution in [0.3, 0.4) is 0 Å². The lowest BCUT2D eigenvalue weighted by atomic mass is 10.0. The molecule has 0 aliphatic carbocycles. The van der Waals surface area contributed by atoms with Gasteiger partial charge in [0.2, 0.25) is 0 Å². The molecule has 3 heterocycles. The largest absolute Gasteiger partial charge is 0.311 e. The van der Waals surface area contributed by atoms with E-state index in [2.05, 4.69) is 15.5 Å². The van der Waals surface area contributed by atoms with E-state index in [1.54, 1.807) is 12.4 Å². The van der Waals surface area contributed by atoms with Crippen LogP contribution >= 0.6 is 0 Å². The Kier molecular flexibility index (Phi) is 1.62. The Morgan fingerprint density at radius 2 is 1.69 bits per heavy atom. The van der Waals surface area contributed by atoms with Crippen LogP contribution in [0.25, 0.3) is 0 Å². The Balaban J connectivity index is 1.80. The second-order valence-electron chi connectivity index (χ2n) is 4.11. The summed E-state index contributed by atoms with van der Waals surface area (Å²) in [6.07, 6.45) is 8.61. The highest BCUT2D eigenvalue weighted by Gasteiger charge is 2.34. The van der Waals surface area contributed by atoms with Gasteiger partial charge in [-0.05, 0) is 25.7 Å². The fourth-order valence-electron chi connectivity index (χ4n) is 2.63. The van der Waals surface area contributed by atoms with Crippen molar-refractivity contribution in [2.45, 2.75) is 43.8 Å². The molecule has 2 aliphatic heterocycles. The minimum atomic E-state index is 0.536. The van der Waals surface area contributed by atoms with Crippen molar-refractivity contribution in [3.05, 3.63) is 12.4 Å². The van der Waals surface area contributed by atoms with E-state index in [0.29, 0.717) is 6.04 Å². The van der Waals surface area contributed by atoms with Crippen molar-refractivity contribution in [3.63, 3.8) is 0 Å². The van der Waals surface area contributed by atoms with E-state index in [1.807, 2.05) is 4.80 Å². The summed E-state index contributed by atoms with van der Waals surface area (Å²) in [6, 6.07) is 1.97. The minimum absolute atomic E-state index is 0.536. The molecule has 2 fully saturated rings. The summed E-state index contributed by atoms with van der Waals surface area (Å²) in [6.45, 7) is 0. The lowest BCUT2D eigenvalue weighted by Crippen LogP contribution is -2.39. The molecular formula is C9H14N4. The number of nitrogens with zero attached hydrogens (tertiary/aromatic N) is 3. The number of piperidine rings is 1. The predicted molar refractivity (Wildman–Crippen MR) is 48.2 cm³/mol. The molecule has 2 aliphatic rings. The molecule has 2 atom stereocenters. The fourth-order valence-corrected chi connectivity index (χ4v) is 2.63. The predicted octanol–water partition coefficient (Wildman–Crippen LogP) is 0.734. The van der Waals surface area contributed by atoms with Crippen molar-refractivity contribution in [1.82, 2.24) is 20.3 Å². The van der Waals surface area contributed by atoms with Crippen LogP contribution in [0.5, 0.6) is 0 Å². The third-order valence-electron chi connectivity index (χ3n) is 3.21. The molecule has 0 radical (unpaired) electrons. The Hall–Kier alpha value is -0.900. The van der Waals surface area contributed by atoms with Gasteiger partial charge in [-0.3, -0.25) is 0 Å². The summed E-state index contributed by atoms with van der Waals surface area (Å²) < 4.78 is 0. The van der Waals surface area contributed by atoms with Gasteiger partial charge in [-0.1, -0.05) is 0 Å². The molecule has 4 nitrogen and oxygen atoms in total. The van der Waals surface area contributed by atoms with Gasteiger partial charge in [0.05, 0.1) is 18.4 Å². The highest BCUT2D eigenvalue weighted by Crippen LogP contribution is 2.32. The molecule has 1 N–H and O–H groups in total. The molecule has 2 unspecified atom stereocenters. The first-order valence-electron chi connectivity index (χ1n) is 5.03. The van der Waals surface area contributed by atoms with Crippen molar-refractivity contribution < 1.29 is 0 Å². The lowest BCUT2D eigenvalue weighted by molar-refractivity contribution is 0.261. The fraction of sp³-hybridized carbons (Fsp3) is 0.778. The summed E-state index contributed by atoms with van der Waals surface area (Å²) in [5.41, 5.74) is 0. The van der Waals surface area contributed by atoms with Gasteiger partial charge in [0.25, 0.3) is 0 Å². The average molecular weight is 178 g/mol. The molecule has 13 heavy (non-hydrogen) atoms. The molecule has 0 aromatic carbocycles. The third kappa shape index (κ3) is 1.25. The molecular weight excluding hydrogens is 164 g/mol. The van der Waals surface area contributed by atoms with Gasteiger partial charge in [0.1, 0.15) is 0 Å². The summed E-state index contributed by atoms with van der Waals surface area (Å²) in [4.78, 5) is 1.88. The molecule has 2 bridgehead atoms. The zero-order valence-corrected chi connectivity index (χ0v) is 7.56. The first-order valence-corrected chi connectivity index (χ1v) is 5.03. The Morgan fingerprint density at radius 3 is 2.31 bits per heavy atom. The normalized spacial score (nSPS) is 38.0. The molecule has 0 amide bonds. The van der Waals surface area contributed by atoms with E-state index in [1.165, 1.54) is 25.7 Å².